The van der Waals surface area contributed by atoms with Gasteiger partial charge in [0.2, 0.25) is 0 Å². The van der Waals surface area contributed by atoms with Crippen molar-refractivity contribution in [3.05, 3.63) is 93.4 Å². The number of benzene rings is 2. The van der Waals surface area contributed by atoms with Crippen LogP contribution in [-0.2, 0) is 0 Å². The first-order valence-electron chi connectivity index (χ1n) is 10.9. The number of fused-ring (bicyclic) bond motifs is 1. The van der Waals surface area contributed by atoms with Gasteiger partial charge in [-0.25, -0.2) is 4.98 Å². The summed E-state index contributed by atoms with van der Waals surface area (Å²) in [6, 6.07) is 15.5. The number of pyridine rings is 1. The van der Waals surface area contributed by atoms with Crippen LogP contribution >= 0.6 is 11.9 Å². The Kier molecular flexibility index (Phi) is 7.07. The van der Waals surface area contributed by atoms with Crippen molar-refractivity contribution in [2.75, 3.05) is 5.32 Å². The van der Waals surface area contributed by atoms with E-state index in [0.29, 0.717) is 27.9 Å². The topological polar surface area (TPSA) is 84.2 Å². The normalized spacial score (nSPS) is 12.4. The van der Waals surface area contributed by atoms with E-state index >= 15 is 0 Å². The molecule has 2 aromatic heterocycles. The van der Waals surface area contributed by atoms with Crippen LogP contribution in [-0.4, -0.2) is 16.4 Å². The van der Waals surface area contributed by atoms with E-state index in [4.69, 9.17) is 4.42 Å². The lowest BCUT2D eigenvalue weighted by molar-refractivity contribution is -0.0335. The third-order valence-electron chi connectivity index (χ3n) is 5.55. The fourth-order valence-corrected chi connectivity index (χ4v) is 4.23. The summed E-state index contributed by atoms with van der Waals surface area (Å²) in [5.41, 5.74) is -1.63. The Morgan fingerprint density at radius 1 is 1.08 bits per heavy atom. The zero-order valence-electron chi connectivity index (χ0n) is 19.6. The molecule has 36 heavy (non-hydrogen) atoms. The van der Waals surface area contributed by atoms with Gasteiger partial charge < -0.3 is 9.73 Å². The number of nitrogens with one attached hydrogen (secondary N) is 2. The number of hydrogen-bond donors (Lipinski definition) is 2. The fraction of sp³-hybridized carbons (Fsp3) is 0.192. The molecular weight excluding hydrogens is 491 g/mol. The highest BCUT2D eigenvalue weighted by atomic mass is 32.2. The Morgan fingerprint density at radius 2 is 1.81 bits per heavy atom. The highest BCUT2D eigenvalue weighted by molar-refractivity contribution is 7.98. The number of amides is 1. The quantitative estimate of drug-likeness (QED) is 0.285. The molecule has 186 valence electrons. The van der Waals surface area contributed by atoms with Crippen LogP contribution in [0.25, 0.3) is 22.3 Å². The molecule has 0 spiro atoms. The standard InChI is InChI=1S/C26H22F3N3O3S/c1-14-12-18(16(3)31-20-10-7-11-30-21(20)25(34)32-36-26(27,28)29)24-19(13-14)22(33)15(2)23(35-24)17-8-5-4-6-9-17/h4-13,16,31H,1-3H3,(H,32,34). The summed E-state index contributed by atoms with van der Waals surface area (Å²) in [6.45, 7) is 5.37. The first-order valence-corrected chi connectivity index (χ1v) is 11.8. The minimum Gasteiger partial charge on any atom is -0.455 e. The molecule has 0 aliphatic rings. The summed E-state index contributed by atoms with van der Waals surface area (Å²) in [4.78, 5) is 29.6. The van der Waals surface area contributed by atoms with Crippen LogP contribution < -0.4 is 15.5 Å². The van der Waals surface area contributed by atoms with E-state index in [1.54, 1.807) is 36.8 Å². The maximum absolute atomic E-state index is 13.3. The molecule has 1 unspecified atom stereocenters. The highest BCUT2D eigenvalue weighted by Crippen LogP contribution is 2.33. The number of anilines is 1. The number of halogens is 3. The molecule has 6 nitrogen and oxygen atoms in total. The molecule has 2 aromatic carbocycles. The van der Waals surface area contributed by atoms with Crippen LogP contribution in [0.4, 0.5) is 18.9 Å². The van der Waals surface area contributed by atoms with Crippen LogP contribution in [0, 0.1) is 13.8 Å². The number of carbonyl (C=O) groups is 1. The molecule has 0 saturated carbocycles. The van der Waals surface area contributed by atoms with E-state index < -0.39 is 29.4 Å². The van der Waals surface area contributed by atoms with Gasteiger partial charge >= 0.3 is 5.51 Å². The van der Waals surface area contributed by atoms with Gasteiger partial charge in [0.05, 0.1) is 29.1 Å². The first kappa shape index (κ1) is 25.3. The summed E-state index contributed by atoms with van der Waals surface area (Å²) in [7, 11) is 0. The second kappa shape index (κ2) is 10.1. The van der Waals surface area contributed by atoms with Gasteiger partial charge in [0.25, 0.3) is 5.91 Å². The zero-order valence-corrected chi connectivity index (χ0v) is 20.4. The van der Waals surface area contributed by atoms with Gasteiger partial charge in [-0.05, 0) is 44.5 Å². The lowest BCUT2D eigenvalue weighted by Gasteiger charge is -2.20. The Hall–Kier alpha value is -3.79. The summed E-state index contributed by atoms with van der Waals surface area (Å²) in [5, 5.41) is 3.56. The maximum Gasteiger partial charge on any atom is 0.461 e. The van der Waals surface area contributed by atoms with Gasteiger partial charge in [-0.15, -0.1) is 0 Å². The lowest BCUT2D eigenvalue weighted by Crippen LogP contribution is -2.23. The number of aromatic nitrogens is 1. The maximum atomic E-state index is 13.3. The number of nitrogens with zero attached hydrogens (tertiary/aromatic N) is 1. The minimum atomic E-state index is -4.63. The summed E-state index contributed by atoms with van der Waals surface area (Å²) >= 11 is -0.650. The Morgan fingerprint density at radius 3 is 2.50 bits per heavy atom. The molecule has 0 bridgehead atoms. The molecule has 0 aliphatic heterocycles. The van der Waals surface area contributed by atoms with Gasteiger partial charge in [-0.2, -0.15) is 13.2 Å². The Labute approximate surface area is 209 Å². The monoisotopic (exact) mass is 513 g/mol. The number of aryl methyl sites for hydroxylation is 1. The zero-order chi connectivity index (χ0) is 26.0. The average molecular weight is 514 g/mol. The van der Waals surface area contributed by atoms with E-state index in [0.717, 1.165) is 11.1 Å². The molecule has 0 saturated heterocycles. The first-order chi connectivity index (χ1) is 17.0. The second-order valence-corrected chi connectivity index (χ2v) is 9.10. The molecule has 2 heterocycles. The van der Waals surface area contributed by atoms with Crippen molar-refractivity contribution in [3.63, 3.8) is 0 Å². The van der Waals surface area contributed by atoms with E-state index in [9.17, 15) is 22.8 Å². The Bertz CT molecular complexity index is 1490. The minimum absolute atomic E-state index is 0.155. The summed E-state index contributed by atoms with van der Waals surface area (Å²) in [6.07, 6.45) is 1.32. The highest BCUT2D eigenvalue weighted by Gasteiger charge is 2.31. The van der Waals surface area contributed by atoms with Crippen LogP contribution in [0.5, 0.6) is 0 Å². The van der Waals surface area contributed by atoms with Crippen molar-refractivity contribution in [2.24, 2.45) is 0 Å². The average Bonchev–Trinajstić information content (AvgIpc) is 2.85. The lowest BCUT2D eigenvalue weighted by atomic mass is 9.98. The van der Waals surface area contributed by atoms with Crippen molar-refractivity contribution >= 4 is 34.5 Å². The molecule has 10 heteroatoms. The van der Waals surface area contributed by atoms with Crippen LogP contribution in [0.2, 0.25) is 0 Å². The van der Waals surface area contributed by atoms with Gasteiger partial charge in [-0.1, -0.05) is 36.4 Å². The predicted molar refractivity (Wildman–Crippen MR) is 135 cm³/mol. The predicted octanol–water partition coefficient (Wildman–Crippen LogP) is 6.54. The van der Waals surface area contributed by atoms with Crippen LogP contribution in [0.1, 0.15) is 40.1 Å². The van der Waals surface area contributed by atoms with Crippen LogP contribution in [0.15, 0.2) is 70.0 Å². The van der Waals surface area contributed by atoms with Crippen LogP contribution in [0.3, 0.4) is 0 Å². The third-order valence-corrected chi connectivity index (χ3v) is 6.07. The molecule has 4 aromatic rings. The molecule has 0 aliphatic carbocycles. The molecule has 0 fully saturated rings. The van der Waals surface area contributed by atoms with E-state index in [1.807, 2.05) is 43.3 Å². The summed E-state index contributed by atoms with van der Waals surface area (Å²) in [5.74, 6) is -0.536. The largest absolute Gasteiger partial charge is 0.461 e. The molecule has 2 N–H and O–H groups in total. The third kappa shape index (κ3) is 5.38. The summed E-state index contributed by atoms with van der Waals surface area (Å²) < 4.78 is 45.7. The van der Waals surface area contributed by atoms with Gasteiger partial charge in [-0.3, -0.25) is 14.3 Å². The van der Waals surface area contributed by atoms with Crippen molar-refractivity contribution in [2.45, 2.75) is 32.3 Å². The van der Waals surface area contributed by atoms with Gasteiger partial charge in [0.15, 0.2) is 11.1 Å². The number of alkyl halides is 3. The van der Waals surface area contributed by atoms with Gasteiger partial charge in [0, 0.05) is 22.9 Å². The second-order valence-electron chi connectivity index (χ2n) is 8.23. The van der Waals surface area contributed by atoms with Crippen molar-refractivity contribution in [1.82, 2.24) is 9.71 Å². The Balaban J connectivity index is 1.76. The number of rotatable bonds is 6. The smallest absolute Gasteiger partial charge is 0.455 e. The number of carbonyl (C=O) groups excluding carboxylic acids is 1. The molecule has 4 rings (SSSR count). The molecule has 1 amide bonds. The van der Waals surface area contributed by atoms with E-state index in [2.05, 4.69) is 10.3 Å². The van der Waals surface area contributed by atoms with Crippen molar-refractivity contribution < 1.29 is 22.4 Å². The molecular formula is C26H22F3N3O3S. The van der Waals surface area contributed by atoms with Crippen molar-refractivity contribution in [3.8, 4) is 11.3 Å². The van der Waals surface area contributed by atoms with E-state index in [1.165, 1.54) is 6.20 Å². The van der Waals surface area contributed by atoms with Gasteiger partial charge in [0.1, 0.15) is 11.3 Å². The molecule has 1 atom stereocenters. The molecule has 0 radical (unpaired) electrons. The van der Waals surface area contributed by atoms with E-state index in [-0.39, 0.29) is 16.8 Å². The number of hydrogen-bond acceptors (Lipinski definition) is 6. The SMILES string of the molecule is Cc1cc(C(C)Nc2cccnc2C(=O)NSC(F)(F)F)c2oc(-c3ccccc3)c(C)c(=O)c2c1. The van der Waals surface area contributed by atoms with Crippen molar-refractivity contribution in [1.29, 1.82) is 0 Å². The fourth-order valence-electron chi connectivity index (χ4n) is 3.92.